The third kappa shape index (κ3) is 7.38. The van der Waals surface area contributed by atoms with Crippen LogP contribution in [0.4, 0.5) is 0 Å². The third-order valence-electron chi connectivity index (χ3n) is 3.07. The predicted octanol–water partition coefficient (Wildman–Crippen LogP) is 6.10. The molecule has 2 heteroatoms. The molecule has 0 aliphatic rings. The normalized spacial score (nSPS) is 13.3. The summed E-state index contributed by atoms with van der Waals surface area (Å²) in [5.74, 6) is 0.704. The molecule has 0 aliphatic carbocycles. The van der Waals surface area contributed by atoms with Gasteiger partial charge in [-0.15, -0.1) is 6.58 Å². The second-order valence-corrected chi connectivity index (χ2v) is 9.61. The van der Waals surface area contributed by atoms with Crippen LogP contribution in [0, 0.1) is 5.92 Å². The van der Waals surface area contributed by atoms with Crippen LogP contribution in [0.1, 0.15) is 38.2 Å². The molecule has 1 atom stereocenters. The average Bonchev–Trinajstić information content (AvgIpc) is 2.28. The summed E-state index contributed by atoms with van der Waals surface area (Å²) in [5.41, 5.74) is 1.44. The molecule has 18 heavy (non-hydrogen) atoms. The lowest BCUT2D eigenvalue weighted by atomic mass is 9.92. The summed E-state index contributed by atoms with van der Waals surface area (Å²) < 4.78 is 0.0560. The van der Waals surface area contributed by atoms with Gasteiger partial charge in [0.25, 0.3) is 0 Å². The lowest BCUT2D eigenvalue weighted by Gasteiger charge is -2.22. The maximum atomic E-state index is 3.87. The number of hydrogen-bond donors (Lipinski definition) is 0. The highest BCUT2D eigenvalue weighted by Crippen LogP contribution is 2.35. The van der Waals surface area contributed by atoms with Crippen LogP contribution >= 0.6 is 31.9 Å². The number of alkyl halides is 2. The Labute approximate surface area is 128 Å². The second kappa shape index (κ2) is 8.16. The van der Waals surface area contributed by atoms with Crippen LogP contribution in [0.25, 0.3) is 0 Å². The van der Waals surface area contributed by atoms with E-state index >= 15 is 0 Å². The van der Waals surface area contributed by atoms with Crippen LogP contribution in [-0.4, -0.2) is 3.23 Å². The van der Waals surface area contributed by atoms with E-state index in [-0.39, 0.29) is 3.23 Å². The summed E-state index contributed by atoms with van der Waals surface area (Å²) in [6, 6.07) is 10.7. The van der Waals surface area contributed by atoms with Gasteiger partial charge >= 0.3 is 0 Å². The summed E-state index contributed by atoms with van der Waals surface area (Å²) in [4.78, 5) is 0. The van der Waals surface area contributed by atoms with E-state index in [1.165, 1.54) is 24.8 Å². The van der Waals surface area contributed by atoms with Gasteiger partial charge in [0.05, 0.1) is 3.23 Å². The molecule has 0 bridgehead atoms. The lowest BCUT2D eigenvalue weighted by molar-refractivity contribution is 0.436. The Morgan fingerprint density at radius 1 is 1.28 bits per heavy atom. The third-order valence-corrected chi connectivity index (χ3v) is 3.72. The minimum atomic E-state index is 0.0560. The summed E-state index contributed by atoms with van der Waals surface area (Å²) >= 11 is 7.34. The fourth-order valence-electron chi connectivity index (χ4n) is 2.29. The van der Waals surface area contributed by atoms with Crippen molar-refractivity contribution in [1.29, 1.82) is 0 Å². The van der Waals surface area contributed by atoms with Gasteiger partial charge in [-0.25, -0.2) is 0 Å². The van der Waals surface area contributed by atoms with E-state index in [0.29, 0.717) is 5.92 Å². The Bertz CT molecular complexity index is 338. The second-order valence-electron chi connectivity index (χ2n) is 5.04. The molecule has 0 saturated heterocycles. The summed E-state index contributed by atoms with van der Waals surface area (Å²) in [5, 5.41) is 0. The van der Waals surface area contributed by atoms with Gasteiger partial charge < -0.3 is 0 Å². The SMILES string of the molecule is C=CCC(CCCc1ccccc1)CC(C)(Br)Br. The zero-order chi connectivity index (χ0) is 13.4. The quantitative estimate of drug-likeness (QED) is 0.381. The Morgan fingerprint density at radius 2 is 1.94 bits per heavy atom. The van der Waals surface area contributed by atoms with E-state index in [0.717, 1.165) is 12.8 Å². The molecule has 100 valence electrons. The Hall–Kier alpha value is -0.0800. The summed E-state index contributed by atoms with van der Waals surface area (Å²) in [6.45, 7) is 6.03. The predicted molar refractivity (Wildman–Crippen MR) is 88.6 cm³/mol. The molecule has 0 spiro atoms. The number of benzene rings is 1. The van der Waals surface area contributed by atoms with E-state index in [4.69, 9.17) is 0 Å². The van der Waals surface area contributed by atoms with Crippen LogP contribution in [0.2, 0.25) is 0 Å². The number of rotatable bonds is 8. The van der Waals surface area contributed by atoms with E-state index in [1.807, 2.05) is 6.08 Å². The van der Waals surface area contributed by atoms with Gasteiger partial charge in [0, 0.05) is 0 Å². The zero-order valence-corrected chi connectivity index (χ0v) is 14.2. The Morgan fingerprint density at radius 3 is 2.50 bits per heavy atom. The molecule has 0 radical (unpaired) electrons. The number of halogens is 2. The maximum absolute atomic E-state index is 3.87. The van der Waals surface area contributed by atoms with E-state index in [9.17, 15) is 0 Å². The molecule has 0 aromatic heterocycles. The smallest absolute Gasteiger partial charge is 0.0780 e. The van der Waals surface area contributed by atoms with Gasteiger partial charge in [-0.05, 0) is 50.5 Å². The molecule has 1 unspecified atom stereocenters. The highest BCUT2D eigenvalue weighted by Gasteiger charge is 2.20. The van der Waals surface area contributed by atoms with Crippen LogP contribution in [0.3, 0.4) is 0 Å². The maximum Gasteiger partial charge on any atom is 0.0780 e. The van der Waals surface area contributed by atoms with Crippen molar-refractivity contribution < 1.29 is 0 Å². The highest BCUT2D eigenvalue weighted by atomic mass is 79.9. The molecule has 1 rings (SSSR count). The monoisotopic (exact) mass is 372 g/mol. The fourth-order valence-corrected chi connectivity index (χ4v) is 3.20. The van der Waals surface area contributed by atoms with E-state index < -0.39 is 0 Å². The zero-order valence-electron chi connectivity index (χ0n) is 11.0. The fraction of sp³-hybridized carbons (Fsp3) is 0.500. The molecule has 0 heterocycles. The van der Waals surface area contributed by atoms with Crippen LogP contribution in [0.5, 0.6) is 0 Å². The number of hydrogen-bond acceptors (Lipinski definition) is 0. The van der Waals surface area contributed by atoms with Crippen molar-refractivity contribution in [2.24, 2.45) is 5.92 Å². The minimum absolute atomic E-state index is 0.0560. The molecular formula is C16H22Br2. The van der Waals surface area contributed by atoms with Crippen molar-refractivity contribution in [3.05, 3.63) is 48.6 Å². The van der Waals surface area contributed by atoms with E-state index in [2.05, 4.69) is 75.7 Å². The molecule has 0 fully saturated rings. The van der Waals surface area contributed by atoms with Crippen LogP contribution in [0.15, 0.2) is 43.0 Å². The van der Waals surface area contributed by atoms with Gasteiger partial charge in [0.15, 0.2) is 0 Å². The Kier molecular flexibility index (Phi) is 7.25. The van der Waals surface area contributed by atoms with Crippen molar-refractivity contribution >= 4 is 31.9 Å². The van der Waals surface area contributed by atoms with Crippen LogP contribution in [-0.2, 0) is 6.42 Å². The standard InChI is InChI=1S/C16H22Br2/c1-3-8-15(13-16(2,17)18)12-7-11-14-9-5-4-6-10-14/h3-6,9-10,15H,1,7-8,11-13H2,2H3. The first-order valence-corrected chi connectivity index (χ1v) is 8.12. The molecule has 0 aliphatic heterocycles. The van der Waals surface area contributed by atoms with Crippen molar-refractivity contribution in [3.8, 4) is 0 Å². The first-order chi connectivity index (χ1) is 8.51. The molecule has 0 saturated carbocycles. The van der Waals surface area contributed by atoms with Gasteiger partial charge in [-0.3, -0.25) is 0 Å². The topological polar surface area (TPSA) is 0 Å². The first-order valence-electron chi connectivity index (χ1n) is 6.54. The summed E-state index contributed by atoms with van der Waals surface area (Å²) in [7, 11) is 0. The largest absolute Gasteiger partial charge is 0.103 e. The molecule has 0 nitrogen and oxygen atoms in total. The minimum Gasteiger partial charge on any atom is -0.103 e. The van der Waals surface area contributed by atoms with E-state index in [1.54, 1.807) is 0 Å². The molecule has 1 aromatic rings. The number of aryl methyl sites for hydroxylation is 1. The van der Waals surface area contributed by atoms with Gasteiger partial charge in [-0.1, -0.05) is 68.3 Å². The number of allylic oxidation sites excluding steroid dienone is 1. The van der Waals surface area contributed by atoms with Gasteiger partial charge in [-0.2, -0.15) is 0 Å². The molecule has 0 amide bonds. The van der Waals surface area contributed by atoms with Gasteiger partial charge in [0.1, 0.15) is 0 Å². The summed E-state index contributed by atoms with van der Waals surface area (Å²) in [6.07, 6.45) is 7.95. The van der Waals surface area contributed by atoms with Gasteiger partial charge in [0.2, 0.25) is 0 Å². The van der Waals surface area contributed by atoms with Crippen LogP contribution < -0.4 is 0 Å². The van der Waals surface area contributed by atoms with Crippen molar-refractivity contribution in [2.75, 3.05) is 0 Å². The first kappa shape index (κ1) is 16.0. The lowest BCUT2D eigenvalue weighted by Crippen LogP contribution is -2.13. The average molecular weight is 374 g/mol. The Balaban J connectivity index is 2.36. The molecular weight excluding hydrogens is 352 g/mol. The van der Waals surface area contributed by atoms with Crippen molar-refractivity contribution in [2.45, 2.75) is 42.3 Å². The molecule has 1 aromatic carbocycles. The molecule has 0 N–H and O–H groups in total. The van der Waals surface area contributed by atoms with Crippen molar-refractivity contribution in [3.63, 3.8) is 0 Å². The highest BCUT2D eigenvalue weighted by molar-refractivity contribution is 9.25. The van der Waals surface area contributed by atoms with Crippen molar-refractivity contribution in [1.82, 2.24) is 0 Å².